The Hall–Kier alpha value is -3.15. The number of aliphatic imine (C=N–C) groups is 1. The van der Waals surface area contributed by atoms with E-state index in [-0.39, 0.29) is 23.5 Å². The topological polar surface area (TPSA) is 64.9 Å². The zero-order valence-corrected chi connectivity index (χ0v) is 17.4. The lowest BCUT2D eigenvalue weighted by Crippen LogP contribution is -2.36. The molecule has 1 atom stereocenters. The first-order valence-electron chi connectivity index (χ1n) is 11.0. The molecule has 0 bridgehead atoms. The Balaban J connectivity index is 1.44. The molecule has 0 spiro atoms. The van der Waals surface area contributed by atoms with Crippen LogP contribution in [0.2, 0.25) is 0 Å². The lowest BCUT2D eigenvalue weighted by molar-refractivity contribution is -0.127. The molecule has 1 amide bonds. The number of aromatic hydroxyl groups is 1. The van der Waals surface area contributed by atoms with Crippen molar-refractivity contribution < 1.29 is 14.3 Å². The average molecular weight is 420 g/mol. The van der Waals surface area contributed by atoms with Gasteiger partial charge in [0.25, 0.3) is 5.91 Å². The number of rotatable bonds is 5. The molecule has 1 saturated carbocycles. The zero-order valence-electron chi connectivity index (χ0n) is 17.4. The van der Waals surface area contributed by atoms with Crippen molar-refractivity contribution in [2.45, 2.75) is 44.6 Å². The van der Waals surface area contributed by atoms with Crippen molar-refractivity contribution in [3.63, 3.8) is 0 Å². The third-order valence-corrected chi connectivity index (χ3v) is 6.51. The van der Waals surface area contributed by atoms with Gasteiger partial charge in [0.2, 0.25) is 0 Å². The molecule has 1 unspecified atom stereocenters. The van der Waals surface area contributed by atoms with Gasteiger partial charge >= 0.3 is 0 Å². The van der Waals surface area contributed by atoms with Crippen molar-refractivity contribution in [3.8, 4) is 5.75 Å². The van der Waals surface area contributed by atoms with Crippen LogP contribution in [0.1, 0.15) is 43.2 Å². The number of hydrogen-bond donors (Lipinski definition) is 2. The number of phenols is 1. The molecule has 5 rings (SSSR count). The molecule has 2 fully saturated rings. The van der Waals surface area contributed by atoms with Crippen molar-refractivity contribution in [1.82, 2.24) is 10.2 Å². The molecule has 2 N–H and O–H groups in total. The molecule has 3 aliphatic rings. The molecule has 0 radical (unpaired) electrons. The monoisotopic (exact) mass is 419 g/mol. The van der Waals surface area contributed by atoms with Crippen LogP contribution >= 0.6 is 0 Å². The molecular formula is C25H26FN3O2. The van der Waals surface area contributed by atoms with Crippen molar-refractivity contribution in [3.05, 3.63) is 77.0 Å². The van der Waals surface area contributed by atoms with Crippen LogP contribution in [-0.2, 0) is 11.2 Å². The predicted molar refractivity (Wildman–Crippen MR) is 117 cm³/mol. The largest absolute Gasteiger partial charge is 0.508 e. The second-order valence-electron chi connectivity index (χ2n) is 8.71. The van der Waals surface area contributed by atoms with Crippen LogP contribution in [0.3, 0.4) is 0 Å². The summed E-state index contributed by atoms with van der Waals surface area (Å²) in [5, 5.41) is 13.1. The molecule has 0 aromatic heterocycles. The second-order valence-corrected chi connectivity index (χ2v) is 8.71. The number of carbonyl (C=O) groups is 1. The highest BCUT2D eigenvalue weighted by molar-refractivity contribution is 6.06. The first-order chi connectivity index (χ1) is 15.1. The summed E-state index contributed by atoms with van der Waals surface area (Å²) in [6, 6.07) is 12.9. The maximum atomic E-state index is 13.3. The minimum absolute atomic E-state index is 0.0226. The summed E-state index contributed by atoms with van der Waals surface area (Å²) in [5.41, 5.74) is 3.62. The number of amides is 1. The average Bonchev–Trinajstić information content (AvgIpc) is 3.39. The van der Waals surface area contributed by atoms with Crippen LogP contribution in [0.15, 0.2) is 65.0 Å². The molecule has 160 valence electrons. The zero-order chi connectivity index (χ0) is 21.4. The number of benzene rings is 2. The number of carbonyl (C=O) groups excluding carboxylic acids is 1. The van der Waals surface area contributed by atoms with Gasteiger partial charge in [-0.1, -0.05) is 37.8 Å². The highest BCUT2D eigenvalue weighted by Crippen LogP contribution is 2.35. The molecule has 1 saturated heterocycles. The standard InChI is InChI=1S/C25H26FN3O2/c26-19-9-5-17(6-10-19)14-22-25(31)29-15-23(18-7-11-20(30)12-8-18)27-21(24(29)28-22)13-16-3-1-2-4-16/h5-12,16,22,28,30H,1-4,13-15H2. The summed E-state index contributed by atoms with van der Waals surface area (Å²) in [5.74, 6) is 1.38. The Morgan fingerprint density at radius 2 is 1.74 bits per heavy atom. The van der Waals surface area contributed by atoms with Gasteiger partial charge in [0, 0.05) is 6.42 Å². The lowest BCUT2D eigenvalue weighted by atomic mass is 10.00. The quantitative estimate of drug-likeness (QED) is 0.766. The minimum Gasteiger partial charge on any atom is -0.508 e. The first-order valence-corrected chi connectivity index (χ1v) is 11.0. The highest BCUT2D eigenvalue weighted by atomic mass is 19.1. The summed E-state index contributed by atoms with van der Waals surface area (Å²) in [6.07, 6.45) is 6.28. The summed E-state index contributed by atoms with van der Waals surface area (Å²) in [7, 11) is 0. The number of allylic oxidation sites excluding steroid dienone is 1. The molecule has 2 heterocycles. The van der Waals surface area contributed by atoms with E-state index in [2.05, 4.69) is 5.32 Å². The van der Waals surface area contributed by atoms with Gasteiger partial charge in [0.1, 0.15) is 23.4 Å². The Labute approximate surface area is 181 Å². The normalized spacial score (nSPS) is 21.3. The maximum Gasteiger partial charge on any atom is 0.251 e. The number of fused-ring (bicyclic) bond motifs is 1. The molecule has 31 heavy (non-hydrogen) atoms. The molecular weight excluding hydrogens is 393 g/mol. The van der Waals surface area contributed by atoms with Crippen molar-refractivity contribution in [2.75, 3.05) is 6.54 Å². The van der Waals surface area contributed by atoms with E-state index in [0.717, 1.165) is 34.8 Å². The number of phenolic OH excluding ortho intramolecular Hbond substituents is 1. The van der Waals surface area contributed by atoms with Crippen molar-refractivity contribution >= 4 is 11.6 Å². The highest BCUT2D eigenvalue weighted by Gasteiger charge is 2.40. The number of hydrogen-bond acceptors (Lipinski definition) is 4. The van der Waals surface area contributed by atoms with Crippen molar-refractivity contribution in [1.29, 1.82) is 0 Å². The third kappa shape index (κ3) is 4.07. The van der Waals surface area contributed by atoms with Crippen LogP contribution < -0.4 is 5.32 Å². The summed E-state index contributed by atoms with van der Waals surface area (Å²) in [6.45, 7) is 0.403. The van der Waals surface area contributed by atoms with E-state index < -0.39 is 0 Å². The van der Waals surface area contributed by atoms with E-state index in [4.69, 9.17) is 4.99 Å². The molecule has 2 aromatic carbocycles. The van der Waals surface area contributed by atoms with E-state index in [1.165, 1.54) is 37.8 Å². The minimum atomic E-state index is -0.381. The SMILES string of the molecule is O=C1C(Cc2ccc(F)cc2)NC2=C(CC3CCCC3)N=C(c3ccc(O)cc3)CN12. The predicted octanol–water partition coefficient (Wildman–Crippen LogP) is 4.13. The van der Waals surface area contributed by atoms with Crippen LogP contribution in [-0.4, -0.2) is 34.2 Å². The maximum absolute atomic E-state index is 13.3. The molecule has 6 heteroatoms. The van der Waals surface area contributed by atoms with Gasteiger partial charge in [-0.25, -0.2) is 4.39 Å². The fraction of sp³-hybridized carbons (Fsp3) is 0.360. The Kier molecular flexibility index (Phi) is 5.22. The fourth-order valence-electron chi connectivity index (χ4n) is 4.83. The Morgan fingerprint density at radius 1 is 1.03 bits per heavy atom. The van der Waals surface area contributed by atoms with E-state index in [1.54, 1.807) is 24.3 Å². The Bertz CT molecular complexity index is 1040. The van der Waals surface area contributed by atoms with Gasteiger partial charge in [-0.3, -0.25) is 14.7 Å². The Morgan fingerprint density at radius 3 is 2.45 bits per heavy atom. The van der Waals surface area contributed by atoms with Crippen LogP contribution in [0.25, 0.3) is 0 Å². The first kappa shape index (κ1) is 19.8. The number of nitrogens with zero attached hydrogens (tertiary/aromatic N) is 2. The van der Waals surface area contributed by atoms with Gasteiger partial charge in [-0.15, -0.1) is 0 Å². The molecule has 5 nitrogen and oxygen atoms in total. The van der Waals surface area contributed by atoms with Gasteiger partial charge < -0.3 is 10.4 Å². The number of halogens is 1. The number of nitrogens with one attached hydrogen (secondary N) is 1. The van der Waals surface area contributed by atoms with E-state index in [1.807, 2.05) is 17.0 Å². The molecule has 1 aliphatic carbocycles. The third-order valence-electron chi connectivity index (χ3n) is 6.51. The summed E-state index contributed by atoms with van der Waals surface area (Å²) in [4.78, 5) is 20.1. The van der Waals surface area contributed by atoms with E-state index in [9.17, 15) is 14.3 Å². The van der Waals surface area contributed by atoms with Gasteiger partial charge in [0.05, 0.1) is 18.0 Å². The van der Waals surface area contributed by atoms with Crippen molar-refractivity contribution in [2.24, 2.45) is 10.9 Å². The van der Waals surface area contributed by atoms with E-state index >= 15 is 0 Å². The fourth-order valence-corrected chi connectivity index (χ4v) is 4.83. The van der Waals surface area contributed by atoms with Crippen LogP contribution in [0, 0.1) is 11.7 Å². The van der Waals surface area contributed by atoms with Crippen LogP contribution in [0.4, 0.5) is 4.39 Å². The second kappa shape index (κ2) is 8.17. The van der Waals surface area contributed by atoms with Gasteiger partial charge in [-0.05, 0) is 59.9 Å². The van der Waals surface area contributed by atoms with Gasteiger partial charge in [-0.2, -0.15) is 0 Å². The van der Waals surface area contributed by atoms with Crippen LogP contribution in [0.5, 0.6) is 5.75 Å². The summed E-state index contributed by atoms with van der Waals surface area (Å²) >= 11 is 0. The molecule has 2 aromatic rings. The summed E-state index contributed by atoms with van der Waals surface area (Å²) < 4.78 is 13.3. The van der Waals surface area contributed by atoms with Gasteiger partial charge in [0.15, 0.2) is 0 Å². The van der Waals surface area contributed by atoms with E-state index in [0.29, 0.717) is 18.9 Å². The molecule has 2 aliphatic heterocycles. The smallest absolute Gasteiger partial charge is 0.251 e. The lowest BCUT2D eigenvalue weighted by Gasteiger charge is -2.26.